The summed E-state index contributed by atoms with van der Waals surface area (Å²) in [6.45, 7) is 13.0. The first kappa shape index (κ1) is 16.1. The Kier molecular flexibility index (Phi) is 3.94. The van der Waals surface area contributed by atoms with Gasteiger partial charge < -0.3 is 4.74 Å². The van der Waals surface area contributed by atoms with E-state index < -0.39 is 0 Å². The van der Waals surface area contributed by atoms with Crippen molar-refractivity contribution in [3.05, 3.63) is 12.2 Å². The highest BCUT2D eigenvalue weighted by Crippen LogP contribution is 2.70. The molecule has 0 heterocycles. The van der Waals surface area contributed by atoms with Crippen molar-refractivity contribution < 1.29 is 9.53 Å². The first-order valence-corrected chi connectivity index (χ1v) is 9.12. The summed E-state index contributed by atoms with van der Waals surface area (Å²) in [7, 11) is 0. The number of esters is 1. The lowest BCUT2D eigenvalue weighted by molar-refractivity contribution is -0.147. The van der Waals surface area contributed by atoms with Crippen LogP contribution >= 0.6 is 0 Å². The number of carbonyl (C=O) groups is 1. The highest BCUT2D eigenvalue weighted by Gasteiger charge is 2.62. The average molecular weight is 304 g/mol. The van der Waals surface area contributed by atoms with Gasteiger partial charge in [0.05, 0.1) is 0 Å². The lowest BCUT2D eigenvalue weighted by Crippen LogP contribution is -2.39. The molecule has 2 heteroatoms. The summed E-state index contributed by atoms with van der Waals surface area (Å²) < 4.78 is 5.67. The fourth-order valence-corrected chi connectivity index (χ4v) is 5.88. The van der Waals surface area contributed by atoms with Crippen LogP contribution < -0.4 is 0 Å². The zero-order valence-corrected chi connectivity index (χ0v) is 14.8. The molecular weight excluding hydrogens is 272 g/mol. The lowest BCUT2D eigenvalue weighted by atomic mass is 9.61. The van der Waals surface area contributed by atoms with Gasteiger partial charge in [0.1, 0.15) is 6.10 Å². The van der Waals surface area contributed by atoms with Crippen molar-refractivity contribution in [2.75, 3.05) is 0 Å². The Morgan fingerprint density at radius 2 is 1.86 bits per heavy atom. The van der Waals surface area contributed by atoms with Crippen LogP contribution in [0.1, 0.15) is 72.6 Å². The van der Waals surface area contributed by atoms with Gasteiger partial charge in [0, 0.05) is 5.57 Å². The molecule has 0 aromatic carbocycles. The molecule has 3 rings (SSSR count). The number of fused-ring (bicyclic) bond motifs is 2. The molecule has 0 aliphatic heterocycles. The van der Waals surface area contributed by atoms with Crippen molar-refractivity contribution in [1.82, 2.24) is 0 Å². The van der Waals surface area contributed by atoms with Crippen LogP contribution in [0.4, 0.5) is 0 Å². The van der Waals surface area contributed by atoms with Crippen LogP contribution in [0.2, 0.25) is 0 Å². The molecule has 5 unspecified atom stereocenters. The van der Waals surface area contributed by atoms with Gasteiger partial charge in [-0.2, -0.15) is 0 Å². The molecule has 0 N–H and O–H groups in total. The molecular formula is C20H32O2. The van der Waals surface area contributed by atoms with Crippen LogP contribution in [-0.4, -0.2) is 12.1 Å². The van der Waals surface area contributed by atoms with Crippen LogP contribution in [0.25, 0.3) is 0 Å². The Labute approximate surface area is 135 Å². The second-order valence-electron chi connectivity index (χ2n) is 8.95. The van der Waals surface area contributed by atoms with E-state index in [1.54, 1.807) is 6.92 Å². The van der Waals surface area contributed by atoms with E-state index >= 15 is 0 Å². The number of ether oxygens (including phenoxy) is 1. The molecule has 2 nitrogen and oxygen atoms in total. The topological polar surface area (TPSA) is 26.3 Å². The van der Waals surface area contributed by atoms with E-state index in [2.05, 4.69) is 27.4 Å². The van der Waals surface area contributed by atoms with Gasteiger partial charge >= 0.3 is 5.97 Å². The summed E-state index contributed by atoms with van der Waals surface area (Å²) in [5.74, 6) is 2.27. The van der Waals surface area contributed by atoms with Crippen LogP contribution in [-0.2, 0) is 9.53 Å². The molecule has 0 aromatic rings. The fourth-order valence-electron chi connectivity index (χ4n) is 5.88. The van der Waals surface area contributed by atoms with E-state index in [-0.39, 0.29) is 12.1 Å². The molecule has 5 atom stereocenters. The van der Waals surface area contributed by atoms with Gasteiger partial charge in [0.15, 0.2) is 0 Å². The quantitative estimate of drug-likeness (QED) is 0.534. The van der Waals surface area contributed by atoms with E-state index in [0.29, 0.717) is 16.4 Å². The molecule has 0 aromatic heterocycles. The van der Waals surface area contributed by atoms with Crippen LogP contribution in [0, 0.1) is 28.6 Å². The van der Waals surface area contributed by atoms with Gasteiger partial charge in [-0.3, -0.25) is 0 Å². The third-order valence-corrected chi connectivity index (χ3v) is 7.72. The standard InChI is InChI=1S/C20H32O2/c1-13(2)18(21)22-16-8-6-7-14(11-16)17-12-15-9-10-20(17,5)19(15,3)4/h14-17H,1,6-12H2,2-5H3. The summed E-state index contributed by atoms with van der Waals surface area (Å²) >= 11 is 0. The molecule has 3 aliphatic rings. The van der Waals surface area contributed by atoms with E-state index in [4.69, 9.17) is 4.74 Å². The zero-order valence-electron chi connectivity index (χ0n) is 14.8. The first-order valence-electron chi connectivity index (χ1n) is 9.12. The second-order valence-corrected chi connectivity index (χ2v) is 8.95. The lowest BCUT2D eigenvalue weighted by Gasteiger charge is -2.45. The molecule has 22 heavy (non-hydrogen) atoms. The van der Waals surface area contributed by atoms with E-state index in [1.807, 2.05) is 0 Å². The molecule has 0 spiro atoms. The highest BCUT2D eigenvalue weighted by atomic mass is 16.5. The highest BCUT2D eigenvalue weighted by molar-refractivity contribution is 5.87. The van der Waals surface area contributed by atoms with Crippen LogP contribution in [0.5, 0.6) is 0 Å². The summed E-state index contributed by atoms with van der Waals surface area (Å²) in [6.07, 6.45) is 8.96. The van der Waals surface area contributed by atoms with Gasteiger partial charge in [-0.25, -0.2) is 4.79 Å². The second kappa shape index (κ2) is 5.39. The molecule has 124 valence electrons. The Balaban J connectivity index is 1.69. The monoisotopic (exact) mass is 304 g/mol. The fraction of sp³-hybridized carbons (Fsp3) is 0.850. The molecule has 3 saturated carbocycles. The minimum absolute atomic E-state index is 0.119. The van der Waals surface area contributed by atoms with Crippen LogP contribution in [0.15, 0.2) is 12.2 Å². The van der Waals surface area contributed by atoms with Gasteiger partial charge in [-0.05, 0) is 80.5 Å². The maximum atomic E-state index is 11.8. The van der Waals surface area contributed by atoms with Crippen molar-refractivity contribution >= 4 is 5.97 Å². The number of hydrogen-bond acceptors (Lipinski definition) is 2. The molecule has 3 fully saturated rings. The maximum absolute atomic E-state index is 11.8. The summed E-state index contributed by atoms with van der Waals surface area (Å²) in [5.41, 5.74) is 1.50. The summed E-state index contributed by atoms with van der Waals surface area (Å²) in [6, 6.07) is 0. The van der Waals surface area contributed by atoms with Crippen molar-refractivity contribution in [2.45, 2.75) is 78.7 Å². The van der Waals surface area contributed by atoms with Gasteiger partial charge in [-0.15, -0.1) is 0 Å². The predicted octanol–water partition coefficient (Wildman–Crippen LogP) is 5.13. The Bertz CT molecular complexity index is 478. The zero-order chi connectivity index (χ0) is 16.1. The predicted molar refractivity (Wildman–Crippen MR) is 89.4 cm³/mol. The van der Waals surface area contributed by atoms with E-state index in [1.165, 1.54) is 32.1 Å². The SMILES string of the molecule is C=C(C)C(=O)OC1CCCC(C2CC3CCC2(C)C3(C)C)C1. The molecule has 0 radical (unpaired) electrons. The first-order chi connectivity index (χ1) is 10.3. The third kappa shape index (κ3) is 2.34. The average Bonchev–Trinajstić information content (AvgIpc) is 2.80. The molecule has 2 bridgehead atoms. The summed E-state index contributed by atoms with van der Waals surface area (Å²) in [4.78, 5) is 11.8. The number of hydrogen-bond donors (Lipinski definition) is 0. The molecule has 0 amide bonds. The molecule has 3 aliphatic carbocycles. The molecule has 0 saturated heterocycles. The largest absolute Gasteiger partial charge is 0.459 e. The van der Waals surface area contributed by atoms with E-state index in [0.717, 1.165) is 30.6 Å². The van der Waals surface area contributed by atoms with Gasteiger partial charge in [0.25, 0.3) is 0 Å². The maximum Gasteiger partial charge on any atom is 0.333 e. The van der Waals surface area contributed by atoms with Crippen molar-refractivity contribution in [3.8, 4) is 0 Å². The number of carbonyl (C=O) groups excluding carboxylic acids is 1. The Morgan fingerprint density at radius 3 is 2.41 bits per heavy atom. The Morgan fingerprint density at radius 1 is 1.14 bits per heavy atom. The van der Waals surface area contributed by atoms with Crippen LogP contribution in [0.3, 0.4) is 0 Å². The smallest absolute Gasteiger partial charge is 0.333 e. The van der Waals surface area contributed by atoms with Gasteiger partial charge in [0.2, 0.25) is 0 Å². The normalized spacial score (nSPS) is 43.1. The Hall–Kier alpha value is -0.790. The van der Waals surface area contributed by atoms with Crippen molar-refractivity contribution in [1.29, 1.82) is 0 Å². The third-order valence-electron chi connectivity index (χ3n) is 7.72. The number of rotatable bonds is 3. The van der Waals surface area contributed by atoms with Crippen molar-refractivity contribution in [2.24, 2.45) is 28.6 Å². The van der Waals surface area contributed by atoms with E-state index in [9.17, 15) is 4.79 Å². The van der Waals surface area contributed by atoms with Crippen molar-refractivity contribution in [3.63, 3.8) is 0 Å². The minimum atomic E-state index is -0.204. The van der Waals surface area contributed by atoms with Gasteiger partial charge in [-0.1, -0.05) is 27.4 Å². The summed E-state index contributed by atoms with van der Waals surface area (Å²) in [5, 5.41) is 0. The minimum Gasteiger partial charge on any atom is -0.459 e.